The van der Waals surface area contributed by atoms with E-state index in [4.69, 9.17) is 0 Å². The molecule has 170 valence electrons. The summed E-state index contributed by atoms with van der Waals surface area (Å²) in [5.74, 6) is 0. The van der Waals surface area contributed by atoms with Crippen LogP contribution in [-0.4, -0.2) is 9.55 Å². The van der Waals surface area contributed by atoms with Gasteiger partial charge in [0.15, 0.2) is 0 Å². The van der Waals surface area contributed by atoms with Crippen LogP contribution in [-0.2, 0) is 0 Å². The second-order valence-electron chi connectivity index (χ2n) is 9.78. The molecular formula is C34H24N2. The maximum atomic E-state index is 3.63. The van der Waals surface area contributed by atoms with E-state index in [2.05, 4.69) is 125 Å². The maximum absolute atomic E-state index is 3.63. The van der Waals surface area contributed by atoms with Crippen LogP contribution in [0.2, 0.25) is 0 Å². The Morgan fingerprint density at radius 3 is 2.25 bits per heavy atom. The number of nitrogens with zero attached hydrogens (tertiary/aromatic N) is 1. The molecule has 0 atom stereocenters. The number of para-hydroxylation sites is 1. The van der Waals surface area contributed by atoms with Crippen LogP contribution in [0.1, 0.15) is 12.8 Å². The predicted octanol–water partition coefficient (Wildman–Crippen LogP) is 7.44. The third-order valence-corrected chi connectivity index (χ3v) is 7.73. The first kappa shape index (κ1) is 19.7. The molecular weight excluding hydrogens is 436 g/mol. The minimum Gasteiger partial charge on any atom is -0.354 e. The highest BCUT2D eigenvalue weighted by atomic mass is 15.0. The summed E-state index contributed by atoms with van der Waals surface area (Å²) in [6.07, 6.45) is 6.99. The van der Waals surface area contributed by atoms with Gasteiger partial charge in [0, 0.05) is 43.4 Å². The van der Waals surface area contributed by atoms with Gasteiger partial charge in [-0.3, -0.25) is 0 Å². The van der Waals surface area contributed by atoms with Crippen molar-refractivity contribution in [2.24, 2.45) is 0 Å². The van der Waals surface area contributed by atoms with Crippen LogP contribution >= 0.6 is 0 Å². The molecule has 0 unspecified atom stereocenters. The van der Waals surface area contributed by atoms with E-state index >= 15 is 0 Å². The zero-order valence-corrected chi connectivity index (χ0v) is 19.8. The molecule has 0 amide bonds. The number of hydrogen-bond donors (Lipinski definition) is 1. The van der Waals surface area contributed by atoms with Crippen LogP contribution in [0.3, 0.4) is 0 Å². The first-order chi connectivity index (χ1) is 17.8. The third-order valence-electron chi connectivity index (χ3n) is 7.73. The molecule has 2 heteroatoms. The van der Waals surface area contributed by atoms with Gasteiger partial charge in [-0.2, -0.15) is 0 Å². The summed E-state index contributed by atoms with van der Waals surface area (Å²) >= 11 is 0. The Kier molecular flexibility index (Phi) is 4.09. The number of nitrogens with one attached hydrogen (secondary N) is 1. The fourth-order valence-electron chi connectivity index (χ4n) is 6.08. The van der Waals surface area contributed by atoms with E-state index in [1.54, 1.807) is 0 Å². The Morgan fingerprint density at radius 1 is 0.583 bits per heavy atom. The molecule has 8 rings (SSSR count). The summed E-state index contributed by atoms with van der Waals surface area (Å²) in [4.78, 5) is 3.63. The van der Waals surface area contributed by atoms with Crippen molar-refractivity contribution in [2.45, 2.75) is 12.8 Å². The highest BCUT2D eigenvalue weighted by Gasteiger charge is 2.14. The van der Waals surface area contributed by atoms with Crippen LogP contribution < -0.4 is 10.6 Å². The SMILES string of the molecule is C1=c2c(n(-c3ccccc3)c3ccc(-c4ccc5[nH]c6ccc7ccccc7c6c5c4)cc23)=CCC1. The molecule has 0 bridgehead atoms. The number of aromatic amines is 1. The van der Waals surface area contributed by atoms with E-state index in [1.807, 2.05) is 0 Å². The van der Waals surface area contributed by atoms with Gasteiger partial charge in [-0.15, -0.1) is 0 Å². The molecule has 1 aliphatic carbocycles. The van der Waals surface area contributed by atoms with Gasteiger partial charge in [0.2, 0.25) is 0 Å². The summed E-state index contributed by atoms with van der Waals surface area (Å²) in [6.45, 7) is 0. The molecule has 2 heterocycles. The van der Waals surface area contributed by atoms with Crippen molar-refractivity contribution in [1.82, 2.24) is 9.55 Å². The number of rotatable bonds is 2. The fourth-order valence-corrected chi connectivity index (χ4v) is 6.08. The molecule has 7 aromatic rings. The van der Waals surface area contributed by atoms with Gasteiger partial charge in [-0.05, 0) is 77.2 Å². The van der Waals surface area contributed by atoms with Gasteiger partial charge in [-0.1, -0.05) is 72.8 Å². The Balaban J connectivity index is 1.39. The zero-order valence-electron chi connectivity index (χ0n) is 19.8. The van der Waals surface area contributed by atoms with Crippen LogP contribution in [0, 0.1) is 0 Å². The van der Waals surface area contributed by atoms with Crippen LogP contribution in [0.25, 0.3) is 72.4 Å². The van der Waals surface area contributed by atoms with Crippen molar-refractivity contribution in [2.75, 3.05) is 0 Å². The van der Waals surface area contributed by atoms with Gasteiger partial charge >= 0.3 is 0 Å². The monoisotopic (exact) mass is 460 g/mol. The lowest BCUT2D eigenvalue weighted by Crippen LogP contribution is -2.30. The second-order valence-corrected chi connectivity index (χ2v) is 9.78. The van der Waals surface area contributed by atoms with Crippen molar-refractivity contribution in [3.05, 3.63) is 114 Å². The second kappa shape index (κ2) is 7.47. The van der Waals surface area contributed by atoms with Gasteiger partial charge < -0.3 is 9.55 Å². The fraction of sp³-hybridized carbons (Fsp3) is 0.0588. The van der Waals surface area contributed by atoms with E-state index < -0.39 is 0 Å². The lowest BCUT2D eigenvalue weighted by Gasteiger charge is -2.08. The Morgan fingerprint density at radius 2 is 1.33 bits per heavy atom. The molecule has 0 saturated carbocycles. The molecule has 1 aliphatic rings. The first-order valence-corrected chi connectivity index (χ1v) is 12.7. The molecule has 5 aromatic carbocycles. The average molecular weight is 461 g/mol. The molecule has 2 nitrogen and oxygen atoms in total. The van der Waals surface area contributed by atoms with E-state index in [0.717, 1.165) is 12.8 Å². The van der Waals surface area contributed by atoms with Crippen LogP contribution in [0.4, 0.5) is 0 Å². The largest absolute Gasteiger partial charge is 0.354 e. The van der Waals surface area contributed by atoms with Crippen molar-refractivity contribution >= 4 is 55.6 Å². The number of aromatic nitrogens is 2. The normalized spacial score (nSPS) is 13.2. The molecule has 0 saturated heterocycles. The van der Waals surface area contributed by atoms with Gasteiger partial charge in [0.25, 0.3) is 0 Å². The van der Waals surface area contributed by atoms with Gasteiger partial charge in [-0.25, -0.2) is 0 Å². The molecule has 0 aliphatic heterocycles. The van der Waals surface area contributed by atoms with Crippen LogP contribution in [0.5, 0.6) is 0 Å². The summed E-state index contributed by atoms with van der Waals surface area (Å²) in [5, 5.41) is 9.17. The summed E-state index contributed by atoms with van der Waals surface area (Å²) in [7, 11) is 0. The lowest BCUT2D eigenvalue weighted by atomic mass is 9.99. The molecule has 0 fully saturated rings. The number of H-pyrrole nitrogens is 1. The highest BCUT2D eigenvalue weighted by Crippen LogP contribution is 2.35. The van der Waals surface area contributed by atoms with E-state index in [1.165, 1.54) is 70.9 Å². The Hall–Kier alpha value is -4.56. The van der Waals surface area contributed by atoms with E-state index in [9.17, 15) is 0 Å². The minimum absolute atomic E-state index is 1.09. The first-order valence-electron chi connectivity index (χ1n) is 12.7. The average Bonchev–Trinajstić information content (AvgIpc) is 3.48. The van der Waals surface area contributed by atoms with Crippen molar-refractivity contribution in [3.8, 4) is 16.8 Å². The maximum Gasteiger partial charge on any atom is 0.0541 e. The molecule has 0 spiro atoms. The zero-order chi connectivity index (χ0) is 23.6. The van der Waals surface area contributed by atoms with Crippen LogP contribution in [0.15, 0.2) is 103 Å². The molecule has 36 heavy (non-hydrogen) atoms. The molecule has 2 aromatic heterocycles. The standard InChI is InChI=1S/C34H24N2/c1-2-9-25(10-3-1)36-32-13-7-6-12-27(32)28-20-24(16-19-33(28)36)23-15-17-30-29(21-23)34-26-11-5-4-8-22(26)14-18-31(34)35-30/h1-5,8-21,35H,6-7H2. The number of hydrogen-bond acceptors (Lipinski definition) is 0. The lowest BCUT2D eigenvalue weighted by molar-refractivity contribution is 1.02. The van der Waals surface area contributed by atoms with E-state index in [-0.39, 0.29) is 0 Å². The predicted molar refractivity (Wildman–Crippen MR) is 153 cm³/mol. The van der Waals surface area contributed by atoms with E-state index in [0.29, 0.717) is 0 Å². The number of fused-ring (bicyclic) bond motifs is 8. The number of benzene rings is 5. The Bertz CT molecular complexity index is 2090. The minimum atomic E-state index is 1.09. The smallest absolute Gasteiger partial charge is 0.0541 e. The summed E-state index contributed by atoms with van der Waals surface area (Å²) in [5.41, 5.74) is 7.36. The van der Waals surface area contributed by atoms with Crippen molar-refractivity contribution in [1.29, 1.82) is 0 Å². The van der Waals surface area contributed by atoms with Gasteiger partial charge in [0.1, 0.15) is 0 Å². The Labute approximate surface area is 208 Å². The quantitative estimate of drug-likeness (QED) is 0.277. The van der Waals surface area contributed by atoms with Crippen molar-refractivity contribution < 1.29 is 0 Å². The summed E-state index contributed by atoms with van der Waals surface area (Å²) in [6, 6.07) is 37.6. The third kappa shape index (κ3) is 2.79. The van der Waals surface area contributed by atoms with Gasteiger partial charge in [0.05, 0.1) is 5.52 Å². The van der Waals surface area contributed by atoms with Crippen molar-refractivity contribution in [3.63, 3.8) is 0 Å². The molecule has 0 radical (unpaired) electrons. The topological polar surface area (TPSA) is 20.7 Å². The highest BCUT2D eigenvalue weighted by molar-refractivity contribution is 6.20. The molecule has 1 N–H and O–H groups in total. The summed E-state index contributed by atoms with van der Waals surface area (Å²) < 4.78 is 2.42.